The van der Waals surface area contributed by atoms with Gasteiger partial charge in [-0.05, 0) is 13.0 Å². The lowest BCUT2D eigenvalue weighted by Gasteiger charge is -2.30. The van der Waals surface area contributed by atoms with Gasteiger partial charge in [0, 0.05) is 16.7 Å². The summed E-state index contributed by atoms with van der Waals surface area (Å²) in [6.07, 6.45) is 1.25. The summed E-state index contributed by atoms with van der Waals surface area (Å²) in [5.41, 5.74) is 0.995. The number of aryl methyl sites for hydroxylation is 1. The summed E-state index contributed by atoms with van der Waals surface area (Å²) < 4.78 is 49.9. The summed E-state index contributed by atoms with van der Waals surface area (Å²) in [6.45, 7) is 6.64. The minimum Gasteiger partial charge on any atom is -0.476 e. The first-order chi connectivity index (χ1) is 13.2. The molecule has 0 spiro atoms. The van der Waals surface area contributed by atoms with Crippen LogP contribution in [0.4, 0.5) is 10.2 Å². The molecule has 3 aromatic rings. The van der Waals surface area contributed by atoms with E-state index >= 15 is 0 Å². The van der Waals surface area contributed by atoms with Gasteiger partial charge in [-0.3, -0.25) is 9.82 Å². The van der Waals surface area contributed by atoms with E-state index in [1.807, 2.05) is 13.8 Å². The summed E-state index contributed by atoms with van der Waals surface area (Å²) in [5.74, 6) is -0.272. The molecule has 0 atom stereocenters. The lowest BCUT2D eigenvalue weighted by molar-refractivity contribution is 0.0971. The summed E-state index contributed by atoms with van der Waals surface area (Å²) in [4.78, 5) is -0.0804. The second kappa shape index (κ2) is 6.33. The third-order valence-electron chi connectivity index (χ3n) is 4.55. The van der Waals surface area contributed by atoms with E-state index in [2.05, 4.69) is 20.0 Å². The number of aromatic amines is 1. The molecule has 0 fully saturated rings. The molecule has 0 bridgehead atoms. The Morgan fingerprint density at radius 2 is 2.07 bits per heavy atom. The van der Waals surface area contributed by atoms with E-state index in [9.17, 15) is 12.8 Å². The minimum atomic E-state index is -4.04. The Labute approximate surface area is 161 Å². The maximum absolute atomic E-state index is 14.3. The van der Waals surface area contributed by atoms with Crippen LogP contribution in [0.5, 0.6) is 5.88 Å². The van der Waals surface area contributed by atoms with Crippen molar-refractivity contribution in [1.82, 2.24) is 20.0 Å². The molecule has 148 valence electrons. The first kappa shape index (κ1) is 18.5. The van der Waals surface area contributed by atoms with Crippen LogP contribution in [0.25, 0.3) is 11.1 Å². The van der Waals surface area contributed by atoms with E-state index in [1.54, 1.807) is 25.1 Å². The van der Waals surface area contributed by atoms with Gasteiger partial charge in [-0.25, -0.2) is 17.5 Å². The topological polar surface area (TPSA) is 102 Å². The highest BCUT2D eigenvalue weighted by molar-refractivity contribution is 7.92. The Kier molecular flexibility index (Phi) is 4.18. The fourth-order valence-corrected chi connectivity index (χ4v) is 4.29. The number of nitrogens with one attached hydrogen (secondary N) is 2. The molecule has 0 unspecified atom stereocenters. The minimum absolute atomic E-state index is 0.0127. The molecule has 2 N–H and O–H groups in total. The molecule has 3 heterocycles. The van der Waals surface area contributed by atoms with Crippen molar-refractivity contribution in [3.05, 3.63) is 42.0 Å². The van der Waals surface area contributed by atoms with E-state index in [-0.39, 0.29) is 27.6 Å². The Hall–Kier alpha value is -2.88. The van der Waals surface area contributed by atoms with Crippen LogP contribution in [0.15, 0.2) is 35.4 Å². The monoisotopic (exact) mass is 405 g/mol. The zero-order valence-electron chi connectivity index (χ0n) is 15.7. The number of nitrogens with zero attached hydrogens (tertiary/aromatic N) is 3. The quantitative estimate of drug-likeness (QED) is 0.695. The molecule has 0 amide bonds. The summed E-state index contributed by atoms with van der Waals surface area (Å²) in [7, 11) is -4.04. The molecule has 1 aromatic carbocycles. The highest BCUT2D eigenvalue weighted by atomic mass is 32.2. The molecule has 0 aliphatic carbocycles. The van der Waals surface area contributed by atoms with Crippen LogP contribution in [0, 0.1) is 18.2 Å². The molecule has 0 saturated heterocycles. The predicted molar refractivity (Wildman–Crippen MR) is 101 cm³/mol. The number of hydrogen-bond donors (Lipinski definition) is 2. The number of hydrogen-bond acceptors (Lipinski definition) is 5. The first-order valence-corrected chi connectivity index (χ1v) is 10.2. The number of fused-ring (bicyclic) bond motifs is 1. The molecule has 10 heteroatoms. The molecule has 28 heavy (non-hydrogen) atoms. The number of H-pyrrole nitrogens is 1. The Morgan fingerprint density at radius 1 is 1.32 bits per heavy atom. The third-order valence-corrected chi connectivity index (χ3v) is 5.87. The molecule has 1 aliphatic rings. The average Bonchev–Trinajstić information content (AvgIpc) is 3.18. The van der Waals surface area contributed by atoms with Gasteiger partial charge in [0.05, 0.1) is 24.9 Å². The molecule has 4 rings (SSSR count). The van der Waals surface area contributed by atoms with Gasteiger partial charge in [-0.15, -0.1) is 0 Å². The van der Waals surface area contributed by atoms with Crippen LogP contribution in [-0.2, 0) is 16.6 Å². The predicted octanol–water partition coefficient (Wildman–Crippen LogP) is 2.94. The lowest BCUT2D eigenvalue weighted by Crippen LogP contribution is -2.33. The van der Waals surface area contributed by atoms with Crippen molar-refractivity contribution in [3.8, 4) is 17.0 Å². The number of rotatable bonds is 4. The SMILES string of the molecule is Cc1[nH]nc(NS(=O)(=O)c2cnn3c2OCC(C)(C)C3)c1-c1ccccc1F. The number of ether oxygens (including phenoxy) is 1. The number of benzene rings is 1. The highest BCUT2D eigenvalue weighted by Crippen LogP contribution is 2.36. The zero-order chi connectivity index (χ0) is 20.1. The van der Waals surface area contributed by atoms with E-state index in [4.69, 9.17) is 4.74 Å². The van der Waals surface area contributed by atoms with Crippen LogP contribution in [0.3, 0.4) is 0 Å². The molecule has 0 saturated carbocycles. The van der Waals surface area contributed by atoms with E-state index in [0.29, 0.717) is 24.4 Å². The van der Waals surface area contributed by atoms with Gasteiger partial charge in [-0.2, -0.15) is 10.2 Å². The zero-order valence-corrected chi connectivity index (χ0v) is 16.5. The van der Waals surface area contributed by atoms with Gasteiger partial charge in [0.15, 0.2) is 10.7 Å². The maximum atomic E-state index is 14.3. The number of aromatic nitrogens is 4. The van der Waals surface area contributed by atoms with Crippen molar-refractivity contribution >= 4 is 15.8 Å². The van der Waals surface area contributed by atoms with E-state index in [1.165, 1.54) is 16.9 Å². The van der Waals surface area contributed by atoms with Gasteiger partial charge in [0.25, 0.3) is 10.0 Å². The molecular weight excluding hydrogens is 385 g/mol. The number of sulfonamides is 1. The number of halogens is 1. The Bertz CT molecular complexity index is 1150. The van der Waals surface area contributed by atoms with E-state index in [0.717, 1.165) is 0 Å². The smallest absolute Gasteiger partial charge is 0.270 e. The molecular formula is C18H20FN5O3S. The van der Waals surface area contributed by atoms with Crippen molar-refractivity contribution < 1.29 is 17.5 Å². The van der Waals surface area contributed by atoms with Gasteiger partial charge < -0.3 is 4.74 Å². The second-order valence-electron chi connectivity index (χ2n) is 7.58. The third kappa shape index (κ3) is 3.13. The molecule has 2 aromatic heterocycles. The first-order valence-electron chi connectivity index (χ1n) is 8.69. The van der Waals surface area contributed by atoms with Crippen LogP contribution in [0.1, 0.15) is 19.5 Å². The summed E-state index contributed by atoms with van der Waals surface area (Å²) >= 11 is 0. The van der Waals surface area contributed by atoms with E-state index < -0.39 is 15.8 Å². The summed E-state index contributed by atoms with van der Waals surface area (Å²) in [6, 6.07) is 6.12. The standard InChI is InChI=1S/C18H20FN5O3S/c1-11-15(12-6-4-5-7-13(12)19)16(22-21-11)23-28(25,26)14-8-20-24-9-18(2,3)10-27-17(14)24/h4-8H,9-10H2,1-3H3,(H2,21,22,23). The molecule has 8 nitrogen and oxygen atoms in total. The fourth-order valence-electron chi connectivity index (χ4n) is 3.19. The van der Waals surface area contributed by atoms with Crippen molar-refractivity contribution in [2.45, 2.75) is 32.2 Å². The fraction of sp³-hybridized carbons (Fsp3) is 0.333. The molecule has 1 aliphatic heterocycles. The maximum Gasteiger partial charge on any atom is 0.270 e. The van der Waals surface area contributed by atoms with Gasteiger partial charge in [-0.1, -0.05) is 32.0 Å². The number of anilines is 1. The van der Waals surface area contributed by atoms with Crippen LogP contribution < -0.4 is 9.46 Å². The average molecular weight is 405 g/mol. The Morgan fingerprint density at radius 3 is 2.82 bits per heavy atom. The van der Waals surface area contributed by atoms with Crippen molar-refractivity contribution in [2.24, 2.45) is 5.41 Å². The van der Waals surface area contributed by atoms with Crippen molar-refractivity contribution in [2.75, 3.05) is 11.3 Å². The van der Waals surface area contributed by atoms with Crippen molar-refractivity contribution in [3.63, 3.8) is 0 Å². The van der Waals surface area contributed by atoms with Crippen LogP contribution in [0.2, 0.25) is 0 Å². The van der Waals surface area contributed by atoms with Gasteiger partial charge in [0.2, 0.25) is 5.88 Å². The summed E-state index contributed by atoms with van der Waals surface area (Å²) in [5, 5.41) is 10.9. The van der Waals surface area contributed by atoms with Crippen LogP contribution in [-0.4, -0.2) is 35.0 Å². The van der Waals surface area contributed by atoms with Gasteiger partial charge in [0.1, 0.15) is 5.82 Å². The Balaban J connectivity index is 1.72. The second-order valence-corrected chi connectivity index (χ2v) is 9.23. The largest absolute Gasteiger partial charge is 0.476 e. The highest BCUT2D eigenvalue weighted by Gasteiger charge is 2.34. The van der Waals surface area contributed by atoms with Crippen LogP contribution >= 0.6 is 0 Å². The normalized spacial score (nSPS) is 15.7. The molecule has 0 radical (unpaired) electrons. The van der Waals surface area contributed by atoms with Crippen molar-refractivity contribution in [1.29, 1.82) is 0 Å². The van der Waals surface area contributed by atoms with Gasteiger partial charge >= 0.3 is 0 Å². The lowest BCUT2D eigenvalue weighted by atomic mass is 9.94.